The summed E-state index contributed by atoms with van der Waals surface area (Å²) in [5, 5.41) is 0. The summed E-state index contributed by atoms with van der Waals surface area (Å²) in [6.45, 7) is 5.06. The zero-order valence-electron chi connectivity index (χ0n) is 8.02. The van der Waals surface area contributed by atoms with Crippen molar-refractivity contribution in [1.29, 1.82) is 0 Å². The minimum atomic E-state index is 0.657. The highest BCUT2D eigenvalue weighted by atomic mass is 79.9. The molecule has 1 aliphatic carbocycles. The summed E-state index contributed by atoms with van der Waals surface area (Å²) in [5.41, 5.74) is 1.44. The van der Waals surface area contributed by atoms with Crippen LogP contribution in [0.1, 0.15) is 32.1 Å². The van der Waals surface area contributed by atoms with Gasteiger partial charge in [-0.1, -0.05) is 28.4 Å². The minimum Gasteiger partial charge on any atom is -0.373 e. The molecule has 74 valence electrons. The minimum absolute atomic E-state index is 0.657. The molecule has 1 aliphatic rings. The van der Waals surface area contributed by atoms with Crippen LogP contribution < -0.4 is 0 Å². The van der Waals surface area contributed by atoms with Gasteiger partial charge in [0.15, 0.2) is 0 Å². The van der Waals surface area contributed by atoms with E-state index in [1.807, 2.05) is 0 Å². The van der Waals surface area contributed by atoms with E-state index >= 15 is 0 Å². The summed E-state index contributed by atoms with van der Waals surface area (Å²) >= 11 is 3.63. The van der Waals surface area contributed by atoms with Crippen LogP contribution in [0.5, 0.6) is 0 Å². The van der Waals surface area contributed by atoms with Crippen molar-refractivity contribution in [3.05, 3.63) is 22.7 Å². The van der Waals surface area contributed by atoms with E-state index in [2.05, 4.69) is 22.5 Å². The van der Waals surface area contributed by atoms with Crippen LogP contribution in [0, 0.1) is 0 Å². The Morgan fingerprint density at radius 3 is 2.85 bits per heavy atom. The maximum atomic E-state index is 5.44. The van der Waals surface area contributed by atoms with Gasteiger partial charge in [0.25, 0.3) is 0 Å². The summed E-state index contributed by atoms with van der Waals surface area (Å²) < 4.78 is 6.81. The second-order valence-electron chi connectivity index (χ2n) is 3.37. The molecular weight excluding hydrogens is 228 g/mol. The first-order valence-corrected chi connectivity index (χ1v) is 5.69. The van der Waals surface area contributed by atoms with Crippen molar-refractivity contribution in [3.63, 3.8) is 0 Å². The predicted molar refractivity (Wildman–Crippen MR) is 60.1 cm³/mol. The first-order chi connectivity index (χ1) is 6.34. The molecule has 2 heteroatoms. The van der Waals surface area contributed by atoms with E-state index in [9.17, 15) is 0 Å². The van der Waals surface area contributed by atoms with Crippen LogP contribution >= 0.6 is 15.9 Å². The summed E-state index contributed by atoms with van der Waals surface area (Å²) in [6, 6.07) is 0. The topological polar surface area (TPSA) is 9.23 Å². The van der Waals surface area contributed by atoms with E-state index in [0.29, 0.717) is 6.61 Å². The van der Waals surface area contributed by atoms with Crippen molar-refractivity contribution in [1.82, 2.24) is 0 Å². The fraction of sp³-hybridized carbons (Fsp3) is 0.636. The zero-order valence-corrected chi connectivity index (χ0v) is 9.61. The predicted octanol–water partition coefficient (Wildman–Crippen LogP) is 3.80. The van der Waals surface area contributed by atoms with Crippen molar-refractivity contribution < 1.29 is 4.74 Å². The van der Waals surface area contributed by atoms with Crippen molar-refractivity contribution in [2.75, 3.05) is 13.2 Å². The lowest BCUT2D eigenvalue weighted by Crippen LogP contribution is -1.99. The maximum Gasteiger partial charge on any atom is 0.0691 e. The molecule has 0 spiro atoms. The largest absolute Gasteiger partial charge is 0.373 e. The Kier molecular flexibility index (Phi) is 5.40. The third-order valence-corrected chi connectivity index (χ3v) is 3.23. The third kappa shape index (κ3) is 4.10. The molecule has 0 aromatic rings. The molecule has 0 atom stereocenters. The lowest BCUT2D eigenvalue weighted by Gasteiger charge is -2.07. The van der Waals surface area contributed by atoms with Crippen LogP contribution in [0.25, 0.3) is 0 Å². The Balaban J connectivity index is 2.38. The number of hydrogen-bond donors (Lipinski definition) is 0. The highest BCUT2D eigenvalue weighted by molar-refractivity contribution is 9.11. The van der Waals surface area contributed by atoms with Gasteiger partial charge < -0.3 is 4.74 Å². The molecule has 13 heavy (non-hydrogen) atoms. The number of allylic oxidation sites excluding steroid dienone is 1. The summed E-state index contributed by atoms with van der Waals surface area (Å²) in [5.74, 6) is 0. The molecule has 0 heterocycles. The molecule has 1 rings (SSSR count). The molecule has 0 aliphatic heterocycles. The Bertz CT molecular complexity index is 196. The molecular formula is C11H17BrO. The molecule has 0 bridgehead atoms. The standard InChI is InChI=1S/C11H17BrO/c1-2-8-13-9-10-6-4-3-5-7-11(10)12/h2H,1,3-9H2. The Morgan fingerprint density at radius 1 is 1.31 bits per heavy atom. The molecule has 0 N–H and O–H groups in total. The van der Waals surface area contributed by atoms with E-state index in [1.165, 1.54) is 42.2 Å². The molecule has 0 aromatic carbocycles. The van der Waals surface area contributed by atoms with Gasteiger partial charge in [-0.15, -0.1) is 6.58 Å². The van der Waals surface area contributed by atoms with Gasteiger partial charge in [0.05, 0.1) is 13.2 Å². The van der Waals surface area contributed by atoms with E-state index in [1.54, 1.807) is 6.08 Å². The van der Waals surface area contributed by atoms with E-state index in [0.717, 1.165) is 6.61 Å². The van der Waals surface area contributed by atoms with Crippen LogP contribution in [-0.4, -0.2) is 13.2 Å². The molecule has 0 radical (unpaired) electrons. The molecule has 0 fully saturated rings. The van der Waals surface area contributed by atoms with E-state index in [4.69, 9.17) is 4.74 Å². The first kappa shape index (κ1) is 11.0. The van der Waals surface area contributed by atoms with E-state index in [-0.39, 0.29) is 0 Å². The van der Waals surface area contributed by atoms with Crippen molar-refractivity contribution >= 4 is 15.9 Å². The highest BCUT2D eigenvalue weighted by Gasteiger charge is 2.08. The van der Waals surface area contributed by atoms with Crippen LogP contribution in [0.3, 0.4) is 0 Å². The number of ether oxygens (including phenoxy) is 1. The van der Waals surface area contributed by atoms with Gasteiger partial charge in [-0.3, -0.25) is 0 Å². The molecule has 0 saturated heterocycles. The van der Waals surface area contributed by atoms with Gasteiger partial charge in [-0.05, 0) is 35.7 Å². The van der Waals surface area contributed by atoms with Gasteiger partial charge in [-0.2, -0.15) is 0 Å². The second kappa shape index (κ2) is 6.39. The van der Waals surface area contributed by atoms with Gasteiger partial charge >= 0.3 is 0 Å². The van der Waals surface area contributed by atoms with Crippen molar-refractivity contribution in [2.24, 2.45) is 0 Å². The molecule has 0 aromatic heterocycles. The lowest BCUT2D eigenvalue weighted by molar-refractivity contribution is 0.184. The van der Waals surface area contributed by atoms with Crippen LogP contribution in [0.2, 0.25) is 0 Å². The highest BCUT2D eigenvalue weighted by Crippen LogP contribution is 2.27. The van der Waals surface area contributed by atoms with Gasteiger partial charge in [0.2, 0.25) is 0 Å². The normalized spacial score (nSPS) is 18.5. The average molecular weight is 245 g/mol. The molecule has 0 saturated carbocycles. The quantitative estimate of drug-likeness (QED) is 0.540. The number of hydrogen-bond acceptors (Lipinski definition) is 1. The van der Waals surface area contributed by atoms with E-state index < -0.39 is 0 Å². The molecule has 0 unspecified atom stereocenters. The Labute approximate surface area is 89.0 Å². The fourth-order valence-corrected chi connectivity index (χ4v) is 2.12. The van der Waals surface area contributed by atoms with Gasteiger partial charge in [0, 0.05) is 0 Å². The fourth-order valence-electron chi connectivity index (χ4n) is 1.52. The number of rotatable bonds is 4. The average Bonchev–Trinajstić information content (AvgIpc) is 2.32. The maximum absolute atomic E-state index is 5.44. The van der Waals surface area contributed by atoms with Crippen LogP contribution in [0.15, 0.2) is 22.7 Å². The monoisotopic (exact) mass is 244 g/mol. The van der Waals surface area contributed by atoms with Gasteiger partial charge in [-0.25, -0.2) is 0 Å². The smallest absolute Gasteiger partial charge is 0.0691 e. The van der Waals surface area contributed by atoms with Gasteiger partial charge in [0.1, 0.15) is 0 Å². The van der Waals surface area contributed by atoms with Crippen LogP contribution in [0.4, 0.5) is 0 Å². The van der Waals surface area contributed by atoms with Crippen molar-refractivity contribution in [2.45, 2.75) is 32.1 Å². The van der Waals surface area contributed by atoms with Crippen LogP contribution in [-0.2, 0) is 4.74 Å². The lowest BCUT2D eigenvalue weighted by atomic mass is 10.1. The molecule has 0 amide bonds. The molecule has 1 nitrogen and oxygen atoms in total. The zero-order chi connectivity index (χ0) is 9.52. The summed E-state index contributed by atoms with van der Waals surface area (Å²) in [7, 11) is 0. The first-order valence-electron chi connectivity index (χ1n) is 4.89. The Morgan fingerprint density at radius 2 is 2.08 bits per heavy atom. The summed E-state index contributed by atoms with van der Waals surface area (Å²) in [6.07, 6.45) is 8.14. The second-order valence-corrected chi connectivity index (χ2v) is 4.33. The summed E-state index contributed by atoms with van der Waals surface area (Å²) in [4.78, 5) is 0. The van der Waals surface area contributed by atoms with Crippen molar-refractivity contribution in [3.8, 4) is 0 Å². The Hall–Kier alpha value is -0.0800. The SMILES string of the molecule is C=CCOCC1=C(Br)CCCCC1. The number of halogens is 1. The third-order valence-electron chi connectivity index (χ3n) is 2.27.